The maximum atomic E-state index is 13.7. The third-order valence-electron chi connectivity index (χ3n) is 2.61. The first-order chi connectivity index (χ1) is 6.75. The largest absolute Gasteiger partial charge is 0.311 e. The Hall–Kier alpha value is -0.480. The summed E-state index contributed by atoms with van der Waals surface area (Å²) >= 11 is 1.59. The zero-order valence-corrected chi connectivity index (χ0v) is 9.11. The number of rotatable bonds is 3. The van der Waals surface area contributed by atoms with E-state index in [1.54, 1.807) is 11.3 Å². The maximum absolute atomic E-state index is 13.7. The number of hydrogen-bond donors (Lipinski definition) is 1. The Morgan fingerprint density at radius 2 is 2.64 bits per heavy atom. The minimum Gasteiger partial charge on any atom is -0.311 e. The molecule has 0 bridgehead atoms. The molecule has 14 heavy (non-hydrogen) atoms. The second kappa shape index (κ2) is 4.36. The van der Waals surface area contributed by atoms with Gasteiger partial charge in [-0.1, -0.05) is 0 Å². The van der Waals surface area contributed by atoms with Crippen molar-refractivity contribution >= 4 is 11.3 Å². The summed E-state index contributed by atoms with van der Waals surface area (Å²) in [5, 5.41) is 6.16. The van der Waals surface area contributed by atoms with Crippen molar-refractivity contribution in [1.29, 1.82) is 0 Å². The molecule has 1 aromatic heterocycles. The summed E-state index contributed by atoms with van der Waals surface area (Å²) in [6.07, 6.45) is 1.74. The molecule has 0 radical (unpaired) electrons. The maximum Gasteiger partial charge on any atom is 0.121 e. The van der Waals surface area contributed by atoms with E-state index >= 15 is 0 Å². The van der Waals surface area contributed by atoms with Gasteiger partial charge >= 0.3 is 0 Å². The molecular weight excluding hydrogens is 199 g/mol. The fourth-order valence-corrected chi connectivity index (χ4v) is 2.49. The Kier molecular flexibility index (Phi) is 3.13. The summed E-state index contributed by atoms with van der Waals surface area (Å²) in [4.78, 5) is 4.27. The van der Waals surface area contributed by atoms with E-state index in [0.717, 1.165) is 30.1 Å². The highest BCUT2D eigenvalue weighted by Crippen LogP contribution is 2.17. The van der Waals surface area contributed by atoms with Gasteiger partial charge in [-0.3, -0.25) is 0 Å². The lowest BCUT2D eigenvalue weighted by atomic mass is 10.1. The van der Waals surface area contributed by atoms with Crippen LogP contribution in [0.1, 0.15) is 23.5 Å². The van der Waals surface area contributed by atoms with Crippen LogP contribution in [0.5, 0.6) is 0 Å². The van der Waals surface area contributed by atoms with Crippen LogP contribution in [-0.2, 0) is 6.42 Å². The smallest absolute Gasteiger partial charge is 0.121 e. The molecule has 1 N–H and O–H groups in total. The van der Waals surface area contributed by atoms with E-state index in [1.807, 2.05) is 12.3 Å². The van der Waals surface area contributed by atoms with Gasteiger partial charge in [0.25, 0.3) is 0 Å². The first-order valence-corrected chi connectivity index (χ1v) is 5.92. The zero-order valence-electron chi connectivity index (χ0n) is 8.29. The minimum atomic E-state index is -0.779. The Morgan fingerprint density at radius 3 is 3.21 bits per heavy atom. The average Bonchev–Trinajstić information content (AvgIpc) is 2.75. The summed E-state index contributed by atoms with van der Waals surface area (Å²) in [5.74, 6) is 0. The number of thiazole rings is 1. The van der Waals surface area contributed by atoms with Crippen molar-refractivity contribution in [2.24, 2.45) is 0 Å². The number of hydrogen-bond acceptors (Lipinski definition) is 3. The topological polar surface area (TPSA) is 24.9 Å². The van der Waals surface area contributed by atoms with Gasteiger partial charge in [-0.15, -0.1) is 11.3 Å². The van der Waals surface area contributed by atoms with Crippen LogP contribution >= 0.6 is 11.3 Å². The molecule has 2 heterocycles. The quantitative estimate of drug-likeness (QED) is 0.833. The molecule has 0 aliphatic carbocycles. The summed E-state index contributed by atoms with van der Waals surface area (Å²) < 4.78 is 13.7. The predicted octanol–water partition coefficient (Wildman–Crippen LogP) is 2.08. The molecule has 0 saturated carbocycles. The highest BCUT2D eigenvalue weighted by atomic mass is 32.1. The van der Waals surface area contributed by atoms with E-state index < -0.39 is 6.17 Å². The number of nitrogens with zero attached hydrogens (tertiary/aromatic N) is 1. The predicted molar refractivity (Wildman–Crippen MR) is 56.5 cm³/mol. The lowest BCUT2D eigenvalue weighted by Gasteiger charge is -2.14. The summed E-state index contributed by atoms with van der Waals surface area (Å²) in [6, 6.07) is 0.0528. The van der Waals surface area contributed by atoms with Gasteiger partial charge in [0, 0.05) is 17.8 Å². The Morgan fingerprint density at radius 1 is 1.79 bits per heavy atom. The van der Waals surface area contributed by atoms with Gasteiger partial charge in [-0.25, -0.2) is 9.37 Å². The molecule has 2 rings (SSSR count). The van der Waals surface area contributed by atoms with Crippen LogP contribution in [0.2, 0.25) is 0 Å². The lowest BCUT2D eigenvalue weighted by Crippen LogP contribution is -2.33. The molecular formula is C10H15FN2S. The van der Waals surface area contributed by atoms with Crippen molar-refractivity contribution in [3.05, 3.63) is 16.1 Å². The first-order valence-electron chi connectivity index (χ1n) is 5.04. The lowest BCUT2D eigenvalue weighted by molar-refractivity contribution is 0.262. The SMILES string of the molecule is Cc1nc(CC(F)C2CCCN2)cs1. The highest BCUT2D eigenvalue weighted by molar-refractivity contribution is 7.09. The Labute approximate surface area is 87.6 Å². The Bertz CT molecular complexity index is 294. The Balaban J connectivity index is 1.90. The molecule has 2 atom stereocenters. The fraction of sp³-hybridized carbons (Fsp3) is 0.700. The van der Waals surface area contributed by atoms with Gasteiger partial charge in [-0.2, -0.15) is 0 Å². The second-order valence-electron chi connectivity index (χ2n) is 3.78. The van der Waals surface area contributed by atoms with Crippen LogP contribution in [0.3, 0.4) is 0 Å². The highest BCUT2D eigenvalue weighted by Gasteiger charge is 2.24. The summed E-state index contributed by atoms with van der Waals surface area (Å²) in [7, 11) is 0. The van der Waals surface area contributed by atoms with Crippen molar-refractivity contribution < 1.29 is 4.39 Å². The van der Waals surface area contributed by atoms with E-state index in [-0.39, 0.29) is 6.04 Å². The molecule has 1 aliphatic heterocycles. The molecule has 0 spiro atoms. The molecule has 78 valence electrons. The number of nitrogens with one attached hydrogen (secondary N) is 1. The molecule has 2 nitrogen and oxygen atoms in total. The van der Waals surface area contributed by atoms with Gasteiger partial charge in [-0.05, 0) is 26.3 Å². The molecule has 0 amide bonds. The van der Waals surface area contributed by atoms with E-state index in [4.69, 9.17) is 0 Å². The number of halogens is 1. The molecule has 4 heteroatoms. The van der Waals surface area contributed by atoms with Gasteiger partial charge in [0.2, 0.25) is 0 Å². The van der Waals surface area contributed by atoms with Crippen molar-refractivity contribution in [3.8, 4) is 0 Å². The van der Waals surface area contributed by atoms with Crippen molar-refractivity contribution in [3.63, 3.8) is 0 Å². The molecule has 1 saturated heterocycles. The fourth-order valence-electron chi connectivity index (χ4n) is 1.86. The number of aryl methyl sites for hydroxylation is 1. The van der Waals surface area contributed by atoms with Crippen LogP contribution in [0.15, 0.2) is 5.38 Å². The zero-order chi connectivity index (χ0) is 9.97. The minimum absolute atomic E-state index is 0.0528. The van der Waals surface area contributed by atoms with E-state index in [9.17, 15) is 4.39 Å². The van der Waals surface area contributed by atoms with Crippen LogP contribution < -0.4 is 5.32 Å². The van der Waals surface area contributed by atoms with Crippen molar-refractivity contribution in [2.45, 2.75) is 38.4 Å². The molecule has 0 aromatic carbocycles. The summed E-state index contributed by atoms with van der Waals surface area (Å²) in [5.41, 5.74) is 0.897. The van der Waals surface area contributed by atoms with E-state index in [2.05, 4.69) is 10.3 Å². The third kappa shape index (κ3) is 2.30. The third-order valence-corrected chi connectivity index (χ3v) is 3.43. The molecule has 1 fully saturated rings. The number of aromatic nitrogens is 1. The molecule has 1 aromatic rings. The van der Waals surface area contributed by atoms with E-state index in [0.29, 0.717) is 6.42 Å². The van der Waals surface area contributed by atoms with Crippen LogP contribution in [0, 0.1) is 6.92 Å². The van der Waals surface area contributed by atoms with Gasteiger partial charge in [0.15, 0.2) is 0 Å². The van der Waals surface area contributed by atoms with Gasteiger partial charge in [0.05, 0.1) is 10.7 Å². The monoisotopic (exact) mass is 214 g/mol. The molecule has 1 aliphatic rings. The summed E-state index contributed by atoms with van der Waals surface area (Å²) in [6.45, 7) is 2.91. The van der Waals surface area contributed by atoms with Crippen molar-refractivity contribution in [1.82, 2.24) is 10.3 Å². The standard InChI is InChI=1S/C10H15FN2S/c1-7-13-8(6-14-7)5-9(11)10-3-2-4-12-10/h6,9-10,12H,2-5H2,1H3. The van der Waals surface area contributed by atoms with Gasteiger partial charge in [0.1, 0.15) is 6.17 Å². The van der Waals surface area contributed by atoms with Crippen LogP contribution in [0.25, 0.3) is 0 Å². The van der Waals surface area contributed by atoms with Gasteiger partial charge < -0.3 is 5.32 Å². The second-order valence-corrected chi connectivity index (χ2v) is 4.84. The average molecular weight is 214 g/mol. The number of alkyl halides is 1. The normalized spacial score (nSPS) is 24.0. The van der Waals surface area contributed by atoms with Crippen LogP contribution in [0.4, 0.5) is 4.39 Å². The first kappa shape index (κ1) is 10.1. The van der Waals surface area contributed by atoms with Crippen molar-refractivity contribution in [2.75, 3.05) is 6.54 Å². The molecule has 2 unspecified atom stereocenters. The van der Waals surface area contributed by atoms with E-state index in [1.165, 1.54) is 0 Å². The van der Waals surface area contributed by atoms with Crippen LogP contribution in [-0.4, -0.2) is 23.7 Å².